The summed E-state index contributed by atoms with van der Waals surface area (Å²) < 4.78 is 16.2. The van der Waals surface area contributed by atoms with Crippen molar-refractivity contribution in [2.45, 2.75) is 32.5 Å². The van der Waals surface area contributed by atoms with Gasteiger partial charge < -0.3 is 18.9 Å². The quantitative estimate of drug-likeness (QED) is 0.676. The van der Waals surface area contributed by atoms with Gasteiger partial charge in [-0.3, -0.25) is 0 Å². The Bertz CT molecular complexity index is 876. The molecule has 3 aromatic rings. The zero-order valence-electron chi connectivity index (χ0n) is 14.9. The van der Waals surface area contributed by atoms with E-state index in [1.54, 1.807) is 7.11 Å². The number of hydrogen-bond acceptors (Lipinski definition) is 6. The van der Waals surface area contributed by atoms with E-state index in [0.717, 1.165) is 17.9 Å². The number of hydrogen-bond donors (Lipinski definition) is 0. The Morgan fingerprint density at radius 2 is 1.88 bits per heavy atom. The Balaban J connectivity index is 1.39. The highest BCUT2D eigenvalue weighted by Crippen LogP contribution is 2.32. The van der Waals surface area contributed by atoms with E-state index in [4.69, 9.17) is 14.0 Å². The molecule has 2 heterocycles. The molecule has 4 rings (SSSR count). The van der Waals surface area contributed by atoms with Gasteiger partial charge in [0.1, 0.15) is 11.5 Å². The second-order valence-corrected chi connectivity index (χ2v) is 6.38. The van der Waals surface area contributed by atoms with Crippen LogP contribution in [0.5, 0.6) is 11.5 Å². The predicted molar refractivity (Wildman–Crippen MR) is 97.4 cm³/mol. The van der Waals surface area contributed by atoms with Gasteiger partial charge in [0.25, 0.3) is 0 Å². The molecule has 0 unspecified atom stereocenters. The maximum Gasteiger partial charge on any atom is 0.246 e. The van der Waals surface area contributed by atoms with Gasteiger partial charge in [-0.05, 0) is 49.2 Å². The molecular formula is C20H21N3O3. The van der Waals surface area contributed by atoms with Crippen molar-refractivity contribution in [3.05, 3.63) is 65.8 Å². The minimum absolute atomic E-state index is 0.266. The van der Waals surface area contributed by atoms with Gasteiger partial charge in [-0.15, -0.1) is 0 Å². The largest absolute Gasteiger partial charge is 0.497 e. The van der Waals surface area contributed by atoms with Crippen LogP contribution < -0.4 is 14.4 Å². The molecule has 1 atom stereocenters. The number of para-hydroxylation sites is 1. The van der Waals surface area contributed by atoms with Crippen LogP contribution in [0, 0.1) is 0 Å². The van der Waals surface area contributed by atoms with Crippen LogP contribution in [0.25, 0.3) is 0 Å². The third kappa shape index (κ3) is 3.35. The molecule has 0 bridgehead atoms. The molecule has 1 aliphatic rings. The average Bonchev–Trinajstić information content (AvgIpc) is 3.25. The van der Waals surface area contributed by atoms with Crippen LogP contribution in [-0.4, -0.2) is 23.3 Å². The van der Waals surface area contributed by atoms with E-state index < -0.39 is 0 Å². The van der Waals surface area contributed by atoms with Crippen molar-refractivity contribution in [1.29, 1.82) is 0 Å². The van der Waals surface area contributed by atoms with Crippen molar-refractivity contribution < 1.29 is 14.0 Å². The SMILES string of the molecule is COc1ccc(OCc2noc(CN3c4ccccc4C[C@H]3C)n2)cc1. The van der Waals surface area contributed by atoms with Crippen LogP contribution in [0.15, 0.2) is 53.1 Å². The van der Waals surface area contributed by atoms with Crippen molar-refractivity contribution in [3.8, 4) is 11.5 Å². The van der Waals surface area contributed by atoms with Gasteiger partial charge >= 0.3 is 0 Å². The van der Waals surface area contributed by atoms with Crippen LogP contribution in [0.1, 0.15) is 24.2 Å². The molecule has 134 valence electrons. The molecular weight excluding hydrogens is 330 g/mol. The number of rotatable bonds is 6. The summed E-state index contributed by atoms with van der Waals surface area (Å²) in [5, 5.41) is 4.03. The minimum atomic E-state index is 0.266. The molecule has 6 heteroatoms. The summed E-state index contributed by atoms with van der Waals surface area (Å²) in [6, 6.07) is 16.3. The second kappa shape index (κ2) is 7.07. The molecule has 0 N–H and O–H groups in total. The number of ether oxygens (including phenoxy) is 2. The Labute approximate surface area is 152 Å². The summed E-state index contributed by atoms with van der Waals surface area (Å²) in [6.45, 7) is 3.08. The van der Waals surface area contributed by atoms with Crippen LogP contribution >= 0.6 is 0 Å². The Kier molecular flexibility index (Phi) is 4.48. The van der Waals surface area contributed by atoms with Crippen LogP contribution in [-0.2, 0) is 19.6 Å². The zero-order valence-corrected chi connectivity index (χ0v) is 14.9. The molecule has 1 aromatic heterocycles. The highest BCUT2D eigenvalue weighted by atomic mass is 16.5. The first kappa shape index (κ1) is 16.4. The Hall–Kier alpha value is -3.02. The number of nitrogens with zero attached hydrogens (tertiary/aromatic N) is 3. The molecule has 0 radical (unpaired) electrons. The smallest absolute Gasteiger partial charge is 0.246 e. The van der Waals surface area contributed by atoms with Crippen molar-refractivity contribution in [2.75, 3.05) is 12.0 Å². The number of benzene rings is 2. The highest BCUT2D eigenvalue weighted by molar-refractivity contribution is 5.59. The summed E-state index contributed by atoms with van der Waals surface area (Å²) in [7, 11) is 1.64. The van der Waals surface area contributed by atoms with Crippen molar-refractivity contribution in [1.82, 2.24) is 10.1 Å². The Morgan fingerprint density at radius 1 is 1.12 bits per heavy atom. The summed E-state index contributed by atoms with van der Waals surface area (Å²) >= 11 is 0. The molecule has 26 heavy (non-hydrogen) atoms. The van der Waals surface area contributed by atoms with E-state index in [2.05, 4.69) is 46.2 Å². The lowest BCUT2D eigenvalue weighted by atomic mass is 10.1. The monoisotopic (exact) mass is 351 g/mol. The minimum Gasteiger partial charge on any atom is -0.497 e. The number of methoxy groups -OCH3 is 1. The summed E-state index contributed by atoms with van der Waals surface area (Å²) in [5.41, 5.74) is 2.61. The van der Waals surface area contributed by atoms with Gasteiger partial charge in [0.15, 0.2) is 6.61 Å². The maximum atomic E-state index is 5.70. The molecule has 0 amide bonds. The molecule has 0 spiro atoms. The molecule has 2 aromatic carbocycles. The van der Waals surface area contributed by atoms with Gasteiger partial charge in [0.05, 0.1) is 13.7 Å². The molecule has 0 aliphatic carbocycles. The Morgan fingerprint density at radius 3 is 2.69 bits per heavy atom. The third-order valence-corrected chi connectivity index (χ3v) is 4.59. The number of fused-ring (bicyclic) bond motifs is 1. The standard InChI is InChI=1S/C20H21N3O3/c1-14-11-15-5-3-4-6-18(15)23(14)12-20-21-19(22-26-20)13-25-17-9-7-16(24-2)8-10-17/h3-10,14H,11-13H2,1-2H3/t14-/m1/s1. The second-order valence-electron chi connectivity index (χ2n) is 6.38. The molecule has 0 saturated heterocycles. The lowest BCUT2D eigenvalue weighted by molar-refractivity contribution is 0.284. The van der Waals surface area contributed by atoms with Gasteiger partial charge in [0, 0.05) is 11.7 Å². The first-order chi connectivity index (χ1) is 12.7. The fraction of sp³-hybridized carbons (Fsp3) is 0.300. The molecule has 1 aliphatic heterocycles. The maximum absolute atomic E-state index is 5.70. The van der Waals surface area contributed by atoms with Crippen LogP contribution in [0.2, 0.25) is 0 Å². The van der Waals surface area contributed by atoms with Crippen LogP contribution in [0.4, 0.5) is 5.69 Å². The van der Waals surface area contributed by atoms with E-state index in [1.165, 1.54) is 11.3 Å². The summed E-state index contributed by atoms with van der Waals surface area (Å²) in [4.78, 5) is 6.76. The van der Waals surface area contributed by atoms with Crippen LogP contribution in [0.3, 0.4) is 0 Å². The topological polar surface area (TPSA) is 60.6 Å². The van der Waals surface area contributed by atoms with E-state index in [0.29, 0.717) is 24.3 Å². The first-order valence-electron chi connectivity index (χ1n) is 8.66. The van der Waals surface area contributed by atoms with Crippen molar-refractivity contribution >= 4 is 5.69 Å². The van der Waals surface area contributed by atoms with E-state index >= 15 is 0 Å². The summed E-state index contributed by atoms with van der Waals surface area (Å²) in [6.07, 6.45) is 1.04. The van der Waals surface area contributed by atoms with E-state index in [1.807, 2.05) is 24.3 Å². The predicted octanol–water partition coefficient (Wildman–Crippen LogP) is 3.61. The van der Waals surface area contributed by atoms with E-state index in [-0.39, 0.29) is 6.61 Å². The fourth-order valence-corrected chi connectivity index (χ4v) is 3.25. The highest BCUT2D eigenvalue weighted by Gasteiger charge is 2.27. The van der Waals surface area contributed by atoms with Crippen molar-refractivity contribution in [3.63, 3.8) is 0 Å². The number of anilines is 1. The van der Waals surface area contributed by atoms with Gasteiger partial charge in [-0.2, -0.15) is 4.98 Å². The normalized spacial score (nSPS) is 15.8. The number of aromatic nitrogens is 2. The molecule has 6 nitrogen and oxygen atoms in total. The van der Waals surface area contributed by atoms with E-state index in [9.17, 15) is 0 Å². The third-order valence-electron chi connectivity index (χ3n) is 4.59. The average molecular weight is 351 g/mol. The summed E-state index contributed by atoms with van der Waals surface area (Å²) in [5.74, 6) is 2.66. The molecule has 0 fully saturated rings. The lowest BCUT2D eigenvalue weighted by Gasteiger charge is -2.22. The zero-order chi connectivity index (χ0) is 17.9. The first-order valence-corrected chi connectivity index (χ1v) is 8.66. The van der Waals surface area contributed by atoms with Gasteiger partial charge in [0.2, 0.25) is 11.7 Å². The lowest BCUT2D eigenvalue weighted by Crippen LogP contribution is -2.28. The van der Waals surface area contributed by atoms with Gasteiger partial charge in [-0.25, -0.2) is 0 Å². The molecule has 0 saturated carbocycles. The van der Waals surface area contributed by atoms with Crippen molar-refractivity contribution in [2.24, 2.45) is 0 Å². The van der Waals surface area contributed by atoms with Gasteiger partial charge in [-0.1, -0.05) is 23.4 Å². The fourth-order valence-electron chi connectivity index (χ4n) is 3.25.